The molecule has 0 aliphatic carbocycles. The van der Waals surface area contributed by atoms with Gasteiger partial charge in [0.2, 0.25) is 5.95 Å². The van der Waals surface area contributed by atoms with Crippen LogP contribution < -0.4 is 5.32 Å². The van der Waals surface area contributed by atoms with E-state index < -0.39 is 6.10 Å². The summed E-state index contributed by atoms with van der Waals surface area (Å²) in [5.74, 6) is 0.398. The number of hydrogen-bond donors (Lipinski definition) is 2. The molecule has 3 aromatic rings. The van der Waals surface area contributed by atoms with E-state index in [2.05, 4.69) is 21.4 Å². The van der Waals surface area contributed by atoms with E-state index in [1.165, 1.54) is 0 Å². The minimum Gasteiger partial charge on any atom is -0.382 e. The van der Waals surface area contributed by atoms with Crippen LogP contribution in [0.1, 0.15) is 28.5 Å². The summed E-state index contributed by atoms with van der Waals surface area (Å²) in [5.41, 5.74) is 3.52. The Morgan fingerprint density at radius 2 is 1.79 bits per heavy atom. The number of rotatable bonds is 4. The highest BCUT2D eigenvalue weighted by Gasteiger charge is 2.15. The van der Waals surface area contributed by atoms with E-state index >= 15 is 0 Å². The largest absolute Gasteiger partial charge is 0.382 e. The molecule has 0 fully saturated rings. The lowest BCUT2D eigenvalue weighted by Crippen LogP contribution is -2.08. The molecule has 0 saturated carbocycles. The molecule has 0 aliphatic rings. The number of nitrogens with zero attached hydrogens (tertiary/aromatic N) is 3. The van der Waals surface area contributed by atoms with Crippen LogP contribution in [-0.2, 0) is 0 Å². The zero-order valence-electron chi connectivity index (χ0n) is 13.1. The molecule has 118 valence electrons. The van der Waals surface area contributed by atoms with Gasteiger partial charge >= 0.3 is 0 Å². The molecular formula is C19H16N4O. The second-order valence-corrected chi connectivity index (χ2v) is 5.39. The summed E-state index contributed by atoms with van der Waals surface area (Å²) in [4.78, 5) is 8.70. The summed E-state index contributed by atoms with van der Waals surface area (Å²) in [5, 5.41) is 22.5. The van der Waals surface area contributed by atoms with Crippen molar-refractivity contribution in [2.45, 2.75) is 13.0 Å². The van der Waals surface area contributed by atoms with Gasteiger partial charge in [0.1, 0.15) is 6.10 Å². The van der Waals surface area contributed by atoms with Crippen LogP contribution in [0.25, 0.3) is 0 Å². The molecule has 1 unspecified atom stereocenters. The van der Waals surface area contributed by atoms with Crippen LogP contribution in [0.5, 0.6) is 0 Å². The van der Waals surface area contributed by atoms with Crippen molar-refractivity contribution in [2.75, 3.05) is 5.32 Å². The maximum Gasteiger partial charge on any atom is 0.227 e. The van der Waals surface area contributed by atoms with E-state index in [0.29, 0.717) is 17.2 Å². The molecule has 0 radical (unpaired) electrons. The van der Waals surface area contributed by atoms with Crippen LogP contribution in [-0.4, -0.2) is 15.1 Å². The second kappa shape index (κ2) is 6.90. The molecule has 5 nitrogen and oxygen atoms in total. The maximum absolute atomic E-state index is 10.6. The Balaban J connectivity index is 1.87. The monoisotopic (exact) mass is 316 g/mol. The van der Waals surface area contributed by atoms with Crippen LogP contribution in [0.15, 0.2) is 60.8 Å². The Morgan fingerprint density at radius 1 is 1.08 bits per heavy atom. The number of anilines is 2. The van der Waals surface area contributed by atoms with Crippen molar-refractivity contribution < 1.29 is 5.11 Å². The number of aliphatic hydroxyl groups excluding tert-OH is 1. The van der Waals surface area contributed by atoms with Gasteiger partial charge in [-0.05, 0) is 42.3 Å². The van der Waals surface area contributed by atoms with Crippen molar-refractivity contribution in [3.8, 4) is 6.07 Å². The first kappa shape index (κ1) is 15.7. The highest BCUT2D eigenvalue weighted by Crippen LogP contribution is 2.24. The third-order valence-electron chi connectivity index (χ3n) is 3.66. The lowest BCUT2D eigenvalue weighted by atomic mass is 10.0. The van der Waals surface area contributed by atoms with Gasteiger partial charge in [-0.15, -0.1) is 0 Å². The zero-order chi connectivity index (χ0) is 16.9. The molecule has 0 aliphatic heterocycles. The summed E-state index contributed by atoms with van der Waals surface area (Å²) < 4.78 is 0. The third-order valence-corrected chi connectivity index (χ3v) is 3.66. The maximum atomic E-state index is 10.6. The fraction of sp³-hybridized carbons (Fsp3) is 0.105. The van der Waals surface area contributed by atoms with Crippen molar-refractivity contribution >= 4 is 11.6 Å². The lowest BCUT2D eigenvalue weighted by molar-refractivity contribution is 0.214. The number of aryl methyl sites for hydroxylation is 1. The van der Waals surface area contributed by atoms with E-state index in [0.717, 1.165) is 16.8 Å². The molecule has 3 rings (SSSR count). The minimum absolute atomic E-state index is 0.398. The third kappa shape index (κ3) is 3.40. The molecule has 0 saturated heterocycles. The number of aliphatic hydroxyl groups is 1. The molecule has 5 heteroatoms. The van der Waals surface area contributed by atoms with Crippen molar-refractivity contribution in [3.05, 3.63) is 83.2 Å². The van der Waals surface area contributed by atoms with Crippen LogP contribution in [0, 0.1) is 18.3 Å². The van der Waals surface area contributed by atoms with Crippen LogP contribution in [0.3, 0.4) is 0 Å². The SMILES string of the molecule is Cc1cnc(Nc2ccc(C#N)cc2)nc1C(O)c1ccccc1. The summed E-state index contributed by atoms with van der Waals surface area (Å²) >= 11 is 0. The van der Waals surface area contributed by atoms with Gasteiger partial charge < -0.3 is 10.4 Å². The lowest BCUT2D eigenvalue weighted by Gasteiger charge is -2.14. The quantitative estimate of drug-likeness (QED) is 0.770. The molecule has 1 aromatic heterocycles. The van der Waals surface area contributed by atoms with E-state index in [9.17, 15) is 5.11 Å². The average molecular weight is 316 g/mol. The van der Waals surface area contributed by atoms with Gasteiger partial charge in [0, 0.05) is 11.9 Å². The molecule has 1 atom stereocenters. The van der Waals surface area contributed by atoms with Gasteiger partial charge in [-0.1, -0.05) is 30.3 Å². The first-order valence-corrected chi connectivity index (χ1v) is 7.51. The van der Waals surface area contributed by atoms with E-state index in [4.69, 9.17) is 5.26 Å². The summed E-state index contributed by atoms with van der Waals surface area (Å²) in [6.07, 6.45) is 0.872. The average Bonchev–Trinajstić information content (AvgIpc) is 2.64. The minimum atomic E-state index is -0.810. The second-order valence-electron chi connectivity index (χ2n) is 5.39. The van der Waals surface area contributed by atoms with Gasteiger partial charge in [-0.3, -0.25) is 0 Å². The topological polar surface area (TPSA) is 81.8 Å². The summed E-state index contributed by atoms with van der Waals surface area (Å²) in [6, 6.07) is 18.5. The van der Waals surface area contributed by atoms with Crippen LogP contribution in [0.2, 0.25) is 0 Å². The van der Waals surface area contributed by atoms with Gasteiger partial charge in [0.05, 0.1) is 17.3 Å². The highest BCUT2D eigenvalue weighted by molar-refractivity contribution is 5.55. The normalized spacial score (nSPS) is 11.5. The summed E-state index contributed by atoms with van der Waals surface area (Å²) in [6.45, 7) is 1.87. The van der Waals surface area contributed by atoms with Crippen molar-refractivity contribution in [1.29, 1.82) is 5.26 Å². The van der Waals surface area contributed by atoms with Gasteiger partial charge in [-0.2, -0.15) is 5.26 Å². The van der Waals surface area contributed by atoms with Crippen molar-refractivity contribution in [3.63, 3.8) is 0 Å². The van der Waals surface area contributed by atoms with Gasteiger partial charge in [0.15, 0.2) is 0 Å². The molecule has 2 aromatic carbocycles. The first-order chi connectivity index (χ1) is 11.7. The first-order valence-electron chi connectivity index (χ1n) is 7.51. The number of benzene rings is 2. The number of nitriles is 1. The molecule has 0 spiro atoms. The summed E-state index contributed by atoms with van der Waals surface area (Å²) in [7, 11) is 0. The van der Waals surface area contributed by atoms with Gasteiger partial charge in [0.25, 0.3) is 0 Å². The Labute approximate surface area is 140 Å². The molecule has 2 N–H and O–H groups in total. The fourth-order valence-electron chi connectivity index (χ4n) is 2.34. The number of aromatic nitrogens is 2. The molecule has 0 bridgehead atoms. The predicted octanol–water partition coefficient (Wildman–Crippen LogP) is 3.48. The van der Waals surface area contributed by atoms with Crippen LogP contribution in [0.4, 0.5) is 11.6 Å². The Morgan fingerprint density at radius 3 is 2.46 bits per heavy atom. The molecule has 0 amide bonds. The van der Waals surface area contributed by atoms with E-state index in [1.54, 1.807) is 30.5 Å². The Bertz CT molecular complexity index is 870. The Hall–Kier alpha value is -3.23. The standard InChI is InChI=1S/C19H16N4O/c1-13-12-21-19(22-16-9-7-14(11-20)8-10-16)23-17(13)18(24)15-5-3-2-4-6-15/h2-10,12,18,24H,1H3,(H,21,22,23). The van der Waals surface area contributed by atoms with Crippen molar-refractivity contribution in [2.24, 2.45) is 0 Å². The number of nitrogens with one attached hydrogen (secondary N) is 1. The van der Waals surface area contributed by atoms with Crippen LogP contribution >= 0.6 is 0 Å². The molecule has 1 heterocycles. The van der Waals surface area contributed by atoms with Gasteiger partial charge in [-0.25, -0.2) is 9.97 Å². The fourth-order valence-corrected chi connectivity index (χ4v) is 2.34. The Kier molecular flexibility index (Phi) is 4.50. The number of hydrogen-bond acceptors (Lipinski definition) is 5. The zero-order valence-corrected chi connectivity index (χ0v) is 13.1. The highest BCUT2D eigenvalue weighted by atomic mass is 16.3. The molecule has 24 heavy (non-hydrogen) atoms. The smallest absolute Gasteiger partial charge is 0.227 e. The molecular weight excluding hydrogens is 300 g/mol. The van der Waals surface area contributed by atoms with E-state index in [1.807, 2.05) is 37.3 Å². The van der Waals surface area contributed by atoms with E-state index in [-0.39, 0.29) is 0 Å². The predicted molar refractivity (Wildman–Crippen MR) is 91.7 cm³/mol. The van der Waals surface area contributed by atoms with Crippen molar-refractivity contribution in [1.82, 2.24) is 9.97 Å².